The van der Waals surface area contributed by atoms with Crippen molar-refractivity contribution in [3.63, 3.8) is 0 Å². The van der Waals surface area contributed by atoms with E-state index in [0.29, 0.717) is 35.9 Å². The van der Waals surface area contributed by atoms with Gasteiger partial charge in [0.25, 0.3) is 5.91 Å². The van der Waals surface area contributed by atoms with Gasteiger partial charge in [0, 0.05) is 24.2 Å². The first-order valence-electron chi connectivity index (χ1n) is 7.49. The van der Waals surface area contributed by atoms with Gasteiger partial charge in [0.1, 0.15) is 0 Å². The molecule has 0 aliphatic heterocycles. The summed E-state index contributed by atoms with van der Waals surface area (Å²) in [6, 6.07) is 10.8. The van der Waals surface area contributed by atoms with Gasteiger partial charge in [-0.2, -0.15) is 0 Å². The van der Waals surface area contributed by atoms with Gasteiger partial charge in [0.2, 0.25) is 5.75 Å². The number of nitrogens with one attached hydrogen (secondary N) is 1. The number of carbonyl (C=O) groups excluding carboxylic acids is 1. The SMILES string of the molecule is COc1ccc(CNC(=O)c2ccc(CN)cc2)c(OC)c1OC. The molecule has 3 N–H and O–H groups in total. The third kappa shape index (κ3) is 3.78. The second-order valence-corrected chi connectivity index (χ2v) is 5.08. The van der Waals surface area contributed by atoms with E-state index in [-0.39, 0.29) is 5.91 Å². The van der Waals surface area contributed by atoms with Crippen LogP contribution in [0.25, 0.3) is 0 Å². The van der Waals surface area contributed by atoms with Crippen LogP contribution in [-0.2, 0) is 13.1 Å². The molecule has 0 aliphatic carbocycles. The number of ether oxygens (including phenoxy) is 3. The lowest BCUT2D eigenvalue weighted by atomic mass is 10.1. The predicted octanol–water partition coefficient (Wildman–Crippen LogP) is 2.10. The Kier molecular flexibility index (Phi) is 6.03. The lowest BCUT2D eigenvalue weighted by Gasteiger charge is -2.16. The fourth-order valence-electron chi connectivity index (χ4n) is 2.37. The highest BCUT2D eigenvalue weighted by Gasteiger charge is 2.16. The Labute approximate surface area is 141 Å². The maximum atomic E-state index is 12.3. The van der Waals surface area contributed by atoms with Crippen LogP contribution in [0.2, 0.25) is 0 Å². The van der Waals surface area contributed by atoms with Crippen molar-refractivity contribution < 1.29 is 19.0 Å². The number of nitrogens with two attached hydrogens (primary N) is 1. The molecule has 2 aromatic rings. The van der Waals surface area contributed by atoms with Crippen molar-refractivity contribution in [2.45, 2.75) is 13.1 Å². The van der Waals surface area contributed by atoms with Gasteiger partial charge in [-0.3, -0.25) is 4.79 Å². The molecule has 0 saturated heterocycles. The average Bonchev–Trinajstić information content (AvgIpc) is 2.64. The van der Waals surface area contributed by atoms with Gasteiger partial charge in [-0.05, 0) is 29.8 Å². The minimum Gasteiger partial charge on any atom is -0.493 e. The van der Waals surface area contributed by atoms with Crippen LogP contribution in [0.4, 0.5) is 0 Å². The molecule has 0 unspecified atom stereocenters. The summed E-state index contributed by atoms with van der Waals surface area (Å²) in [6.07, 6.45) is 0. The zero-order valence-electron chi connectivity index (χ0n) is 14.1. The number of amides is 1. The van der Waals surface area contributed by atoms with E-state index in [1.807, 2.05) is 18.2 Å². The van der Waals surface area contributed by atoms with Gasteiger partial charge in [-0.15, -0.1) is 0 Å². The second kappa shape index (κ2) is 8.21. The maximum Gasteiger partial charge on any atom is 0.251 e. The van der Waals surface area contributed by atoms with Crippen molar-refractivity contribution >= 4 is 5.91 Å². The summed E-state index contributed by atoms with van der Waals surface area (Å²) >= 11 is 0. The van der Waals surface area contributed by atoms with Crippen molar-refractivity contribution in [1.29, 1.82) is 0 Å². The number of carbonyl (C=O) groups is 1. The fourth-order valence-corrected chi connectivity index (χ4v) is 2.37. The Balaban J connectivity index is 2.14. The molecular formula is C18H22N2O4. The summed E-state index contributed by atoms with van der Waals surface area (Å²) in [6.45, 7) is 0.756. The van der Waals surface area contributed by atoms with E-state index in [2.05, 4.69) is 5.32 Å². The summed E-state index contributed by atoms with van der Waals surface area (Å²) < 4.78 is 16.0. The number of hydrogen-bond acceptors (Lipinski definition) is 5. The van der Waals surface area contributed by atoms with E-state index in [9.17, 15) is 4.79 Å². The molecule has 6 nitrogen and oxygen atoms in total. The van der Waals surface area contributed by atoms with Crippen molar-refractivity contribution in [2.24, 2.45) is 5.73 Å². The molecule has 24 heavy (non-hydrogen) atoms. The predicted molar refractivity (Wildman–Crippen MR) is 91.6 cm³/mol. The van der Waals surface area contributed by atoms with Crippen molar-refractivity contribution in [1.82, 2.24) is 5.32 Å². The Bertz CT molecular complexity index is 699. The van der Waals surface area contributed by atoms with E-state index in [0.717, 1.165) is 11.1 Å². The summed E-state index contributed by atoms with van der Waals surface area (Å²) in [5.74, 6) is 1.44. The van der Waals surface area contributed by atoms with Crippen LogP contribution < -0.4 is 25.3 Å². The molecule has 0 saturated carbocycles. The largest absolute Gasteiger partial charge is 0.493 e. The molecule has 0 bridgehead atoms. The van der Waals surface area contributed by atoms with Crippen LogP contribution in [0, 0.1) is 0 Å². The average molecular weight is 330 g/mol. The number of benzene rings is 2. The van der Waals surface area contributed by atoms with Crippen LogP contribution in [-0.4, -0.2) is 27.2 Å². The molecule has 2 aromatic carbocycles. The topological polar surface area (TPSA) is 82.8 Å². The van der Waals surface area contributed by atoms with Gasteiger partial charge < -0.3 is 25.3 Å². The molecule has 1 amide bonds. The highest BCUT2D eigenvalue weighted by molar-refractivity contribution is 5.94. The summed E-state index contributed by atoms with van der Waals surface area (Å²) in [4.78, 5) is 12.3. The van der Waals surface area contributed by atoms with Crippen LogP contribution in [0.5, 0.6) is 17.2 Å². The van der Waals surface area contributed by atoms with E-state index in [4.69, 9.17) is 19.9 Å². The second-order valence-electron chi connectivity index (χ2n) is 5.08. The molecule has 6 heteroatoms. The smallest absolute Gasteiger partial charge is 0.251 e. The minimum atomic E-state index is -0.171. The Morgan fingerprint density at radius 2 is 1.62 bits per heavy atom. The van der Waals surface area contributed by atoms with Gasteiger partial charge in [-0.1, -0.05) is 12.1 Å². The molecule has 0 atom stereocenters. The third-order valence-electron chi connectivity index (χ3n) is 3.68. The molecule has 128 valence electrons. The zero-order valence-corrected chi connectivity index (χ0v) is 14.1. The summed E-state index contributed by atoms with van der Waals surface area (Å²) in [5, 5.41) is 2.87. The quantitative estimate of drug-likeness (QED) is 0.812. The lowest BCUT2D eigenvalue weighted by molar-refractivity contribution is 0.0950. The van der Waals surface area contributed by atoms with Gasteiger partial charge >= 0.3 is 0 Å². The van der Waals surface area contributed by atoms with E-state index < -0.39 is 0 Å². The molecular weight excluding hydrogens is 308 g/mol. The maximum absolute atomic E-state index is 12.3. The third-order valence-corrected chi connectivity index (χ3v) is 3.68. The highest BCUT2D eigenvalue weighted by Crippen LogP contribution is 2.39. The van der Waals surface area contributed by atoms with Gasteiger partial charge in [0.05, 0.1) is 21.3 Å². The van der Waals surface area contributed by atoms with Gasteiger partial charge in [0.15, 0.2) is 11.5 Å². The van der Waals surface area contributed by atoms with Crippen LogP contribution >= 0.6 is 0 Å². The first kappa shape index (κ1) is 17.6. The van der Waals surface area contributed by atoms with Gasteiger partial charge in [-0.25, -0.2) is 0 Å². The zero-order chi connectivity index (χ0) is 17.5. The Morgan fingerprint density at radius 1 is 0.958 bits per heavy atom. The summed E-state index contributed by atoms with van der Waals surface area (Å²) in [5.41, 5.74) is 7.91. The van der Waals surface area contributed by atoms with Crippen LogP contribution in [0.3, 0.4) is 0 Å². The minimum absolute atomic E-state index is 0.171. The van der Waals surface area contributed by atoms with Crippen molar-refractivity contribution in [3.05, 3.63) is 53.1 Å². The van der Waals surface area contributed by atoms with E-state index in [1.165, 1.54) is 0 Å². The number of hydrogen-bond donors (Lipinski definition) is 2. The highest BCUT2D eigenvalue weighted by atomic mass is 16.5. The van der Waals surface area contributed by atoms with E-state index >= 15 is 0 Å². The molecule has 0 radical (unpaired) electrons. The summed E-state index contributed by atoms with van der Waals surface area (Å²) in [7, 11) is 4.65. The molecule has 0 aromatic heterocycles. The van der Waals surface area contributed by atoms with E-state index in [1.54, 1.807) is 39.5 Å². The molecule has 0 fully saturated rings. The molecule has 0 aliphatic rings. The molecule has 0 spiro atoms. The lowest BCUT2D eigenvalue weighted by Crippen LogP contribution is -2.23. The standard InChI is InChI=1S/C18H22N2O4/c1-22-15-9-8-14(16(23-2)17(15)24-3)11-20-18(21)13-6-4-12(10-19)5-7-13/h4-9H,10-11,19H2,1-3H3,(H,20,21). The Hall–Kier alpha value is -2.73. The normalized spacial score (nSPS) is 10.2. The number of methoxy groups -OCH3 is 3. The van der Waals surface area contributed by atoms with Crippen LogP contribution in [0.15, 0.2) is 36.4 Å². The first-order valence-corrected chi connectivity index (χ1v) is 7.49. The van der Waals surface area contributed by atoms with Crippen LogP contribution in [0.1, 0.15) is 21.5 Å². The monoisotopic (exact) mass is 330 g/mol. The number of rotatable bonds is 7. The molecule has 0 heterocycles. The fraction of sp³-hybridized carbons (Fsp3) is 0.278. The van der Waals surface area contributed by atoms with Crippen molar-refractivity contribution in [2.75, 3.05) is 21.3 Å². The van der Waals surface area contributed by atoms with Crippen molar-refractivity contribution in [3.8, 4) is 17.2 Å². The first-order chi connectivity index (χ1) is 11.6. The Morgan fingerprint density at radius 3 is 2.17 bits per heavy atom. The molecule has 2 rings (SSSR count).